The number of rotatable bonds is 3. The third-order valence-electron chi connectivity index (χ3n) is 1.92. The molecule has 0 N–H and O–H groups in total. The first-order valence-electron chi connectivity index (χ1n) is 5.19. The summed E-state index contributed by atoms with van der Waals surface area (Å²) in [5.41, 5.74) is 0. The minimum Gasteiger partial charge on any atom is -0.132 e. The standard InChI is InChI=1S/C5H5.C4H10.C2H5.Al.H/c1-2-4-5-3-1;1-3-4-2;1-2;;/h1-3H,4H2;3-4H2,1-2H3;1H2,2H3;;. The van der Waals surface area contributed by atoms with Crippen LogP contribution in [0.2, 0.25) is 5.28 Å². The molecule has 0 aliphatic heterocycles. The molecule has 0 bridgehead atoms. The van der Waals surface area contributed by atoms with E-state index in [1.54, 1.807) is 4.44 Å². The fourth-order valence-electron chi connectivity index (χ4n) is 0.998. The van der Waals surface area contributed by atoms with Gasteiger partial charge in [0.25, 0.3) is 15.2 Å². The third kappa shape index (κ3) is 6.71. The van der Waals surface area contributed by atoms with Crippen LogP contribution in [0.15, 0.2) is 22.7 Å². The lowest BCUT2D eigenvalue weighted by Gasteiger charge is -1.90. The monoisotopic (exact) mass is 180 g/mol. The Balaban J connectivity index is 0.000000261. The highest BCUT2D eigenvalue weighted by Crippen LogP contribution is 2.08. The maximum Gasteiger partial charge on any atom is 0.275 e. The van der Waals surface area contributed by atoms with E-state index in [1.807, 2.05) is 0 Å². The van der Waals surface area contributed by atoms with E-state index in [0.29, 0.717) is 0 Å². The average Bonchev–Trinajstić information content (AvgIpc) is 2.58. The van der Waals surface area contributed by atoms with E-state index in [2.05, 4.69) is 39.0 Å². The molecule has 0 aromatic rings. The van der Waals surface area contributed by atoms with E-state index < -0.39 is 0 Å². The molecule has 1 aliphatic carbocycles. The minimum absolute atomic E-state index is 0.197. The molecule has 0 radical (unpaired) electrons. The number of hydrogen-bond donors (Lipinski definition) is 0. The summed E-state index contributed by atoms with van der Waals surface area (Å²) in [6, 6.07) is 0. The van der Waals surface area contributed by atoms with Crippen LogP contribution in [0.1, 0.15) is 40.0 Å². The summed E-state index contributed by atoms with van der Waals surface area (Å²) in [4.78, 5) is 0. The molecule has 0 amide bonds. The summed E-state index contributed by atoms with van der Waals surface area (Å²) in [6.07, 6.45) is 10.6. The van der Waals surface area contributed by atoms with Crippen molar-refractivity contribution in [1.82, 2.24) is 0 Å². The highest BCUT2D eigenvalue weighted by molar-refractivity contribution is 6.45. The lowest BCUT2D eigenvalue weighted by atomic mass is 10.4. The maximum atomic E-state index is 2.29. The van der Waals surface area contributed by atoms with Crippen LogP contribution in [0.3, 0.4) is 0 Å². The van der Waals surface area contributed by atoms with E-state index in [9.17, 15) is 0 Å². The SMILES string of the molecule is CCCC.C[CH2][AlH][C]1=CC=CC1. The van der Waals surface area contributed by atoms with E-state index in [4.69, 9.17) is 0 Å². The van der Waals surface area contributed by atoms with Gasteiger partial charge in [0.2, 0.25) is 0 Å². The molecule has 0 fully saturated rings. The predicted octanol–water partition coefficient (Wildman–Crippen LogP) is 3.51. The summed E-state index contributed by atoms with van der Waals surface area (Å²) in [5.74, 6) is 0. The second-order valence-corrected chi connectivity index (χ2v) is 5.62. The number of unbranched alkanes of at least 4 members (excludes halogenated alkanes) is 1. The van der Waals surface area contributed by atoms with Crippen LogP contribution >= 0.6 is 0 Å². The molecule has 0 atom stereocenters. The first-order chi connectivity index (χ1) is 5.85. The second kappa shape index (κ2) is 9.10. The predicted molar refractivity (Wildman–Crippen MR) is 60.1 cm³/mol. The van der Waals surface area contributed by atoms with E-state index in [1.165, 1.54) is 24.5 Å². The largest absolute Gasteiger partial charge is 0.275 e. The summed E-state index contributed by atoms with van der Waals surface area (Å²) < 4.78 is 1.73. The van der Waals surface area contributed by atoms with Gasteiger partial charge in [0.05, 0.1) is 0 Å². The lowest BCUT2D eigenvalue weighted by molar-refractivity contribution is 0.886. The Labute approximate surface area is 83.5 Å². The molecule has 0 unspecified atom stereocenters. The smallest absolute Gasteiger partial charge is 0.132 e. The molecule has 1 heteroatoms. The van der Waals surface area contributed by atoms with Gasteiger partial charge in [0.15, 0.2) is 0 Å². The van der Waals surface area contributed by atoms with Crippen LogP contribution in [-0.4, -0.2) is 15.2 Å². The summed E-state index contributed by atoms with van der Waals surface area (Å²) in [6.45, 7) is 6.64. The molecule has 12 heavy (non-hydrogen) atoms. The van der Waals surface area contributed by atoms with Gasteiger partial charge in [-0.25, -0.2) is 0 Å². The molecule has 0 saturated carbocycles. The summed E-state index contributed by atoms with van der Waals surface area (Å²) in [7, 11) is 0. The van der Waals surface area contributed by atoms with Crippen molar-refractivity contribution >= 4 is 15.2 Å². The van der Waals surface area contributed by atoms with Crippen molar-refractivity contribution in [2.24, 2.45) is 0 Å². The molecule has 0 aromatic heterocycles. The third-order valence-corrected chi connectivity index (χ3v) is 3.59. The van der Waals surface area contributed by atoms with Crippen molar-refractivity contribution in [2.45, 2.75) is 45.3 Å². The maximum absolute atomic E-state index is 2.29. The Morgan fingerprint density at radius 1 is 1.25 bits per heavy atom. The van der Waals surface area contributed by atoms with Gasteiger partial charge in [0.1, 0.15) is 0 Å². The highest BCUT2D eigenvalue weighted by Gasteiger charge is 1.98. The van der Waals surface area contributed by atoms with Crippen LogP contribution in [-0.2, 0) is 0 Å². The lowest BCUT2D eigenvalue weighted by Crippen LogP contribution is -1.88. The van der Waals surface area contributed by atoms with E-state index in [0.717, 1.165) is 0 Å². The molecular formula is C11H21Al. The Morgan fingerprint density at radius 2 is 1.92 bits per heavy atom. The Morgan fingerprint density at radius 3 is 2.25 bits per heavy atom. The van der Waals surface area contributed by atoms with Gasteiger partial charge >= 0.3 is 0 Å². The van der Waals surface area contributed by atoms with Gasteiger partial charge in [-0.1, -0.05) is 57.1 Å². The van der Waals surface area contributed by atoms with Gasteiger partial charge in [-0.2, -0.15) is 0 Å². The minimum atomic E-state index is 0.197. The average molecular weight is 180 g/mol. The van der Waals surface area contributed by atoms with E-state index in [-0.39, 0.29) is 15.2 Å². The van der Waals surface area contributed by atoms with Crippen molar-refractivity contribution in [3.8, 4) is 0 Å². The van der Waals surface area contributed by atoms with Gasteiger partial charge in [-0.3, -0.25) is 0 Å². The quantitative estimate of drug-likeness (QED) is 0.583. The van der Waals surface area contributed by atoms with Crippen molar-refractivity contribution in [1.29, 1.82) is 0 Å². The Kier molecular flexibility index (Phi) is 9.11. The Bertz CT molecular complexity index is 143. The molecule has 0 aromatic carbocycles. The molecule has 1 rings (SSSR count). The molecular weight excluding hydrogens is 159 g/mol. The first-order valence-corrected chi connectivity index (χ1v) is 6.90. The van der Waals surface area contributed by atoms with Crippen LogP contribution < -0.4 is 0 Å². The zero-order valence-corrected chi connectivity index (χ0v) is 10.2. The van der Waals surface area contributed by atoms with Gasteiger partial charge in [-0.05, 0) is 6.42 Å². The molecule has 0 nitrogen and oxygen atoms in total. The van der Waals surface area contributed by atoms with Gasteiger partial charge in [0, 0.05) is 0 Å². The number of hydrogen-bond acceptors (Lipinski definition) is 0. The molecule has 0 saturated heterocycles. The Hall–Kier alpha value is 0.0125. The topological polar surface area (TPSA) is 0 Å². The first kappa shape index (κ1) is 12.0. The summed E-state index contributed by atoms with van der Waals surface area (Å²) >= 11 is 0.197. The van der Waals surface area contributed by atoms with Gasteiger partial charge < -0.3 is 0 Å². The van der Waals surface area contributed by atoms with Crippen molar-refractivity contribution < 1.29 is 0 Å². The molecule has 0 heterocycles. The molecule has 68 valence electrons. The van der Waals surface area contributed by atoms with E-state index >= 15 is 0 Å². The van der Waals surface area contributed by atoms with Gasteiger partial charge in [-0.15, -0.1) is 4.44 Å². The highest BCUT2D eigenvalue weighted by atomic mass is 27.1. The normalized spacial score (nSPS) is 13.4. The van der Waals surface area contributed by atoms with Crippen molar-refractivity contribution in [3.05, 3.63) is 22.7 Å². The van der Waals surface area contributed by atoms with Crippen molar-refractivity contribution in [2.75, 3.05) is 0 Å². The number of allylic oxidation sites excluding steroid dienone is 4. The second-order valence-electron chi connectivity index (χ2n) is 3.21. The fraction of sp³-hybridized carbons (Fsp3) is 0.636. The van der Waals surface area contributed by atoms with Crippen LogP contribution in [0.4, 0.5) is 0 Å². The zero-order chi connectivity index (χ0) is 9.23. The fourth-order valence-corrected chi connectivity index (χ4v) is 2.31. The van der Waals surface area contributed by atoms with Crippen LogP contribution in [0, 0.1) is 0 Å². The van der Waals surface area contributed by atoms with Crippen molar-refractivity contribution in [3.63, 3.8) is 0 Å². The van der Waals surface area contributed by atoms with Crippen LogP contribution in [0.25, 0.3) is 0 Å². The summed E-state index contributed by atoms with van der Waals surface area (Å²) in [5, 5.41) is 1.42. The zero-order valence-electron chi connectivity index (χ0n) is 8.77. The molecule has 1 aliphatic rings. The molecule has 0 spiro atoms. The van der Waals surface area contributed by atoms with Crippen LogP contribution in [0.5, 0.6) is 0 Å².